The van der Waals surface area contributed by atoms with Crippen LogP contribution in [0.2, 0.25) is 0 Å². The van der Waals surface area contributed by atoms with E-state index in [4.69, 9.17) is 4.74 Å². The second-order valence-electron chi connectivity index (χ2n) is 7.40. The summed E-state index contributed by atoms with van der Waals surface area (Å²) < 4.78 is 20.5. The maximum atomic E-state index is 13.2. The van der Waals surface area contributed by atoms with Crippen LogP contribution in [-0.4, -0.2) is 35.6 Å². The van der Waals surface area contributed by atoms with Gasteiger partial charge in [0.25, 0.3) is 0 Å². The molecule has 0 saturated heterocycles. The number of aryl methyl sites for hydroxylation is 1. The van der Waals surface area contributed by atoms with Gasteiger partial charge in [-0.3, -0.25) is 4.79 Å². The minimum Gasteiger partial charge on any atom is -0.385 e. The Morgan fingerprint density at radius 2 is 1.77 bits per heavy atom. The SMILES string of the molecule is COCCCN(Cc1cccn1Cc1ccc(F)cc1)C(=O)CCc1ccccc1. The lowest BCUT2D eigenvalue weighted by Crippen LogP contribution is -2.33. The Labute approximate surface area is 177 Å². The first-order valence-electron chi connectivity index (χ1n) is 10.3. The minimum atomic E-state index is -0.236. The van der Waals surface area contributed by atoms with Crippen molar-refractivity contribution >= 4 is 5.91 Å². The van der Waals surface area contributed by atoms with Crippen molar-refractivity contribution in [3.63, 3.8) is 0 Å². The predicted molar refractivity (Wildman–Crippen MR) is 117 cm³/mol. The first-order valence-corrected chi connectivity index (χ1v) is 10.3. The summed E-state index contributed by atoms with van der Waals surface area (Å²) in [6.07, 6.45) is 4.01. The molecule has 158 valence electrons. The highest BCUT2D eigenvalue weighted by Crippen LogP contribution is 2.14. The number of hydrogen-bond acceptors (Lipinski definition) is 2. The van der Waals surface area contributed by atoms with Crippen LogP contribution in [0.4, 0.5) is 4.39 Å². The first-order chi connectivity index (χ1) is 14.7. The van der Waals surface area contributed by atoms with Crippen LogP contribution in [0.25, 0.3) is 0 Å². The predicted octanol–water partition coefficient (Wildman–Crippen LogP) is 4.67. The average molecular weight is 409 g/mol. The molecule has 4 nitrogen and oxygen atoms in total. The van der Waals surface area contributed by atoms with Crippen molar-refractivity contribution in [2.24, 2.45) is 0 Å². The number of hydrogen-bond donors (Lipinski definition) is 0. The number of rotatable bonds is 11. The van der Waals surface area contributed by atoms with Gasteiger partial charge in [0.05, 0.1) is 6.54 Å². The van der Waals surface area contributed by atoms with Gasteiger partial charge in [-0.05, 0) is 48.2 Å². The molecule has 0 N–H and O–H groups in total. The topological polar surface area (TPSA) is 34.5 Å². The van der Waals surface area contributed by atoms with E-state index in [0.29, 0.717) is 32.7 Å². The van der Waals surface area contributed by atoms with E-state index in [9.17, 15) is 9.18 Å². The van der Waals surface area contributed by atoms with Crippen molar-refractivity contribution in [3.05, 3.63) is 95.6 Å². The van der Waals surface area contributed by atoms with Crippen LogP contribution >= 0.6 is 0 Å². The van der Waals surface area contributed by atoms with Crippen LogP contribution in [0.15, 0.2) is 72.9 Å². The van der Waals surface area contributed by atoms with Crippen LogP contribution in [0.1, 0.15) is 29.7 Å². The Hall–Kier alpha value is -2.92. The van der Waals surface area contributed by atoms with Crippen LogP contribution in [0.3, 0.4) is 0 Å². The summed E-state index contributed by atoms with van der Waals surface area (Å²) in [4.78, 5) is 14.9. The lowest BCUT2D eigenvalue weighted by molar-refractivity contribution is -0.132. The van der Waals surface area contributed by atoms with E-state index >= 15 is 0 Å². The first kappa shape index (κ1) is 21.8. The molecule has 0 saturated carbocycles. The maximum absolute atomic E-state index is 13.2. The number of carbonyl (C=O) groups excluding carboxylic acids is 1. The van der Waals surface area contributed by atoms with E-state index in [1.807, 2.05) is 41.4 Å². The highest BCUT2D eigenvalue weighted by Gasteiger charge is 2.16. The second kappa shape index (κ2) is 11.3. The van der Waals surface area contributed by atoms with Gasteiger partial charge in [0, 0.05) is 45.1 Å². The number of nitrogens with zero attached hydrogens (tertiary/aromatic N) is 2. The molecule has 1 amide bonds. The molecule has 5 heteroatoms. The van der Waals surface area contributed by atoms with E-state index in [-0.39, 0.29) is 11.7 Å². The number of benzene rings is 2. The average Bonchev–Trinajstić information content (AvgIpc) is 3.20. The standard InChI is InChI=1S/C25H29FN2O2/c1-30-18-6-17-28(25(29)15-12-21-7-3-2-4-8-21)20-24-9-5-16-27(24)19-22-10-13-23(26)14-11-22/h2-5,7-11,13-14,16H,6,12,15,17-20H2,1H3. The molecule has 0 radical (unpaired) electrons. The molecule has 0 aliphatic heterocycles. The fourth-order valence-corrected chi connectivity index (χ4v) is 3.48. The Morgan fingerprint density at radius 3 is 2.50 bits per heavy atom. The van der Waals surface area contributed by atoms with Gasteiger partial charge < -0.3 is 14.2 Å². The number of amides is 1. The van der Waals surface area contributed by atoms with Crippen molar-refractivity contribution in [2.75, 3.05) is 20.3 Å². The van der Waals surface area contributed by atoms with Gasteiger partial charge in [0.1, 0.15) is 5.82 Å². The Morgan fingerprint density at radius 1 is 1.00 bits per heavy atom. The lowest BCUT2D eigenvalue weighted by Gasteiger charge is -2.24. The molecule has 1 aromatic heterocycles. The van der Waals surface area contributed by atoms with Crippen LogP contribution in [0, 0.1) is 5.82 Å². The lowest BCUT2D eigenvalue weighted by atomic mass is 10.1. The molecule has 0 unspecified atom stereocenters. The smallest absolute Gasteiger partial charge is 0.223 e. The van der Waals surface area contributed by atoms with Crippen molar-refractivity contribution in [1.82, 2.24) is 9.47 Å². The van der Waals surface area contributed by atoms with Crippen LogP contribution < -0.4 is 0 Å². The highest BCUT2D eigenvalue weighted by atomic mass is 19.1. The quantitative estimate of drug-likeness (QED) is 0.432. The van der Waals surface area contributed by atoms with Crippen LogP contribution in [-0.2, 0) is 29.0 Å². The molecule has 2 aromatic carbocycles. The van der Waals surface area contributed by atoms with Gasteiger partial charge in [-0.25, -0.2) is 4.39 Å². The van der Waals surface area contributed by atoms with Crippen molar-refractivity contribution in [1.29, 1.82) is 0 Å². The third-order valence-corrected chi connectivity index (χ3v) is 5.14. The van der Waals surface area contributed by atoms with Crippen molar-refractivity contribution < 1.29 is 13.9 Å². The molecular weight excluding hydrogens is 379 g/mol. The van der Waals surface area contributed by atoms with Gasteiger partial charge in [0.15, 0.2) is 0 Å². The summed E-state index contributed by atoms with van der Waals surface area (Å²) in [6.45, 7) is 2.47. The Kier molecular flexibility index (Phi) is 8.21. The number of ether oxygens (including phenoxy) is 1. The van der Waals surface area contributed by atoms with Crippen LogP contribution in [0.5, 0.6) is 0 Å². The monoisotopic (exact) mass is 408 g/mol. The molecule has 30 heavy (non-hydrogen) atoms. The van der Waals surface area contributed by atoms with Gasteiger partial charge in [0.2, 0.25) is 5.91 Å². The fourth-order valence-electron chi connectivity index (χ4n) is 3.48. The van der Waals surface area contributed by atoms with Crippen molar-refractivity contribution in [2.45, 2.75) is 32.4 Å². The molecule has 3 rings (SSSR count). The summed E-state index contributed by atoms with van der Waals surface area (Å²) in [5, 5.41) is 0. The molecule has 0 bridgehead atoms. The summed E-state index contributed by atoms with van der Waals surface area (Å²) in [7, 11) is 1.68. The van der Waals surface area contributed by atoms with Gasteiger partial charge in [-0.1, -0.05) is 42.5 Å². The zero-order chi connectivity index (χ0) is 21.2. The summed E-state index contributed by atoms with van der Waals surface area (Å²) in [5.41, 5.74) is 3.25. The zero-order valence-electron chi connectivity index (χ0n) is 17.5. The third kappa shape index (κ3) is 6.56. The molecule has 0 aliphatic rings. The molecule has 1 heterocycles. The second-order valence-corrected chi connectivity index (χ2v) is 7.40. The third-order valence-electron chi connectivity index (χ3n) is 5.14. The zero-order valence-corrected chi connectivity index (χ0v) is 17.5. The number of methoxy groups -OCH3 is 1. The number of aromatic nitrogens is 1. The largest absolute Gasteiger partial charge is 0.385 e. The minimum absolute atomic E-state index is 0.143. The number of carbonyl (C=O) groups is 1. The van der Waals surface area contributed by atoms with E-state index in [1.165, 1.54) is 17.7 Å². The van der Waals surface area contributed by atoms with Gasteiger partial charge >= 0.3 is 0 Å². The highest BCUT2D eigenvalue weighted by molar-refractivity contribution is 5.76. The molecule has 3 aromatic rings. The summed E-state index contributed by atoms with van der Waals surface area (Å²) >= 11 is 0. The van der Waals surface area contributed by atoms with E-state index in [1.54, 1.807) is 19.2 Å². The summed E-state index contributed by atoms with van der Waals surface area (Å²) in [6, 6.07) is 20.6. The molecule has 0 spiro atoms. The molecule has 0 fully saturated rings. The van der Waals surface area contributed by atoms with E-state index < -0.39 is 0 Å². The maximum Gasteiger partial charge on any atom is 0.223 e. The van der Waals surface area contributed by atoms with E-state index in [2.05, 4.69) is 16.7 Å². The molecule has 0 aliphatic carbocycles. The van der Waals surface area contributed by atoms with Crippen molar-refractivity contribution in [3.8, 4) is 0 Å². The molecular formula is C25H29FN2O2. The Balaban J connectivity index is 1.66. The van der Waals surface area contributed by atoms with Gasteiger partial charge in [-0.2, -0.15) is 0 Å². The number of halogens is 1. The normalized spacial score (nSPS) is 10.9. The van der Waals surface area contributed by atoms with Gasteiger partial charge in [-0.15, -0.1) is 0 Å². The summed E-state index contributed by atoms with van der Waals surface area (Å²) in [5.74, 6) is -0.0932. The Bertz CT molecular complexity index is 906. The van der Waals surface area contributed by atoms with E-state index in [0.717, 1.165) is 24.1 Å². The molecule has 0 atom stereocenters. The fraction of sp³-hybridized carbons (Fsp3) is 0.320.